The van der Waals surface area contributed by atoms with Crippen molar-refractivity contribution in [1.82, 2.24) is 90.1 Å². The van der Waals surface area contributed by atoms with Gasteiger partial charge in [-0.1, -0.05) is 18.2 Å². The number of carbonyl (C=O) groups is 12. The Bertz CT molecular complexity index is 3960. The quantitative estimate of drug-likeness (QED) is 0.0233. The predicted octanol–water partition coefficient (Wildman–Crippen LogP) is -9.49. The minimum absolute atomic E-state index is 0. The first kappa shape index (κ1) is 131. The number of hydrogen-bond donors (Lipinski definition) is 24. The number of aliphatic hydroxyl groups excluding tert-OH is 14. The van der Waals surface area contributed by atoms with Crippen LogP contribution in [0.1, 0.15) is 111 Å². The number of hydrogen-bond acceptors (Lipinski definition) is 38. The van der Waals surface area contributed by atoms with E-state index in [1.54, 1.807) is 91.0 Å². The number of nitrogens with one attached hydrogen (secondary N) is 4. The van der Waals surface area contributed by atoms with Crippen LogP contribution < -0.4 is 21.3 Å². The van der Waals surface area contributed by atoms with Gasteiger partial charge in [-0.05, 0) is 96.1 Å². The van der Waals surface area contributed by atoms with Crippen LogP contribution in [0.2, 0.25) is 0 Å². The molecule has 3 aliphatic rings. The molecule has 50 nitrogen and oxygen atoms in total. The number of aliphatic carboxylic acids is 6. The van der Waals surface area contributed by atoms with Crippen LogP contribution in [0.5, 0.6) is 0 Å². The zero-order valence-electron chi connectivity index (χ0n) is 80.0. The molecule has 141 heavy (non-hydrogen) atoms. The number of aromatic nitrogens is 3. The average molecular weight is 2130 g/mol. The predicted molar refractivity (Wildman–Crippen MR) is 490 cm³/mol. The maximum Gasteiger partial charge on any atom is 0.320 e. The molecule has 3 aromatic heterocycles. The third kappa shape index (κ3) is 47.6. The maximum absolute atomic E-state index is 12.7. The summed E-state index contributed by atoms with van der Waals surface area (Å²) in [6.45, 7) is -1.26. The molecule has 8 atom stereocenters. The second-order valence-corrected chi connectivity index (χ2v) is 34.5. The van der Waals surface area contributed by atoms with E-state index in [4.69, 9.17) is 15.2 Å². The molecule has 0 fully saturated rings. The van der Waals surface area contributed by atoms with Gasteiger partial charge in [0.1, 0.15) is 47.3 Å². The number of carboxylic acid groups (broad SMARTS) is 6. The van der Waals surface area contributed by atoms with Gasteiger partial charge in [-0.2, -0.15) is 0 Å². The zero-order chi connectivity index (χ0) is 103. The summed E-state index contributed by atoms with van der Waals surface area (Å²) < 4.78 is 0. The molecular formula is C88H146Mn3N18O32. The van der Waals surface area contributed by atoms with Crippen LogP contribution in [0.3, 0.4) is 0 Å². The fourth-order valence-corrected chi connectivity index (χ4v) is 15.5. The van der Waals surface area contributed by atoms with E-state index < -0.39 is 172 Å². The smallest absolute Gasteiger partial charge is 0.320 e. The molecule has 8 unspecified atom stereocenters. The minimum atomic E-state index is -1.64. The molecule has 6 rings (SSSR count). The Kier molecular flexibility index (Phi) is 65.3. The summed E-state index contributed by atoms with van der Waals surface area (Å²) in [5, 5.41) is 201. The van der Waals surface area contributed by atoms with Crippen molar-refractivity contribution in [2.45, 2.75) is 176 Å². The number of rotatable bonds is 52. The summed E-state index contributed by atoms with van der Waals surface area (Å²) in [6.07, 6.45) is -3.23. The zero-order valence-corrected chi connectivity index (χ0v) is 83.5. The third-order valence-corrected chi connectivity index (χ3v) is 23.9. The second kappa shape index (κ2) is 70.5. The van der Waals surface area contributed by atoms with E-state index in [1.807, 2.05) is 28.8 Å². The number of fused-ring (bicyclic) bond motifs is 6. The molecule has 3 aromatic rings. The number of nitrogens with zero attached hydrogens (tertiary/aromatic N) is 14. The van der Waals surface area contributed by atoms with Gasteiger partial charge in [0.2, 0.25) is 35.4 Å². The van der Waals surface area contributed by atoms with E-state index in [9.17, 15) is 149 Å². The van der Waals surface area contributed by atoms with E-state index in [1.165, 1.54) is 9.80 Å². The summed E-state index contributed by atoms with van der Waals surface area (Å²) in [6, 6.07) is 9.46. The van der Waals surface area contributed by atoms with Gasteiger partial charge >= 0.3 is 35.8 Å². The van der Waals surface area contributed by atoms with Crippen LogP contribution >= 0.6 is 0 Å². The SMILES string of the molecule is CN1CCN(C(CCC(=O)N(CCO)CCO)C(=O)O)Cc2cccc(n2)CN(C(CCC(=O)N(CCO)CCO)C(=O)O)CC1.CN1CCN(C(CCC(=O)NC(CO)(CO)CO)C(=O)O)Cc2cccc(n2)CN(C(CCC(=O)NC(CO)(CO)CO)C(=O)O)CC1.CN1CCN(C(CCC(=O)NCC(O)CO)C(=O)O)Cc2cccc(n2)CN(C(CCC(=O)NCC(O)CO)C(=O)O)CC1.[Mn].[Mn].[Mn]. The Labute approximate surface area is 850 Å². The Hall–Kier alpha value is -8.27. The van der Waals surface area contributed by atoms with Crippen molar-refractivity contribution in [2.75, 3.05) is 218 Å². The van der Waals surface area contributed by atoms with Gasteiger partial charge in [0.15, 0.2) is 0 Å². The molecule has 6 amide bonds. The standard InChI is InChI=1S/C30H50N6O12.C30H50N6O10.C28H46N6O10.3Mn/c1-34-9-11-35(23(27(45)46)5-7-25(43)32-29(15-37,16-38)17-39)13-21-3-2-4-22(31-21)14-36(12-10-34)24(28(47)48)6-8-26(44)33-30(18-40,19-41)20-42;1-32-9-11-35(25(29(43)44)5-7-27(41)33(13-17-37)14-18-38)21-23-3-2-4-24(31-23)22-36(12-10-32)26(30(45)46)6-8-28(42)34(15-19-39)16-20-40;1-32-9-11-33(23(27(41)42)5-7-25(39)29-13-21(37)17-35)15-19-3-2-4-20(31-19)16-34(12-10-32)24(28(43)44)6-8-26(40)30-14-22(38)18-36;;;/h2-4,23-24,37-42H,5-20H2,1H3,(H,32,43)(H,33,44)(H,45,46)(H,47,48);2-4,25-26,37-40H,5-22H2,1H3,(H,43,44)(H,45,46);2-4,21-24,35-38H,5-18H2,1H3,(H,29,39)(H,30,40)(H,41,42)(H,43,44);;;. The fraction of sp³-hybridized carbons (Fsp3) is 0.693. The summed E-state index contributed by atoms with van der Waals surface area (Å²) in [7, 11) is 5.48. The summed E-state index contributed by atoms with van der Waals surface area (Å²) in [4.78, 5) is 182. The molecule has 6 bridgehead atoms. The molecule has 0 saturated heterocycles. The Morgan fingerprint density at radius 3 is 0.681 bits per heavy atom. The molecule has 0 aromatic carbocycles. The number of aliphatic hydroxyl groups is 14. The Balaban J connectivity index is 0.00000105. The Morgan fingerprint density at radius 1 is 0.312 bits per heavy atom. The molecule has 6 heterocycles. The van der Waals surface area contributed by atoms with Gasteiger partial charge in [-0.3, -0.25) is 102 Å². The van der Waals surface area contributed by atoms with Crippen molar-refractivity contribution in [3.63, 3.8) is 0 Å². The van der Waals surface area contributed by atoms with Gasteiger partial charge in [-0.15, -0.1) is 0 Å². The molecule has 0 spiro atoms. The van der Waals surface area contributed by atoms with Crippen LogP contribution in [-0.2, 0) is 148 Å². The summed E-state index contributed by atoms with van der Waals surface area (Å²) in [5.41, 5.74) is 0.0281. The molecular weight excluding hydrogens is 1990 g/mol. The largest absolute Gasteiger partial charge is 0.480 e. The minimum Gasteiger partial charge on any atom is -0.480 e. The van der Waals surface area contributed by atoms with E-state index in [0.29, 0.717) is 99.6 Å². The van der Waals surface area contributed by atoms with Crippen LogP contribution in [-0.4, -0.2) is 520 Å². The molecule has 0 saturated carbocycles. The molecule has 3 aliphatic heterocycles. The van der Waals surface area contributed by atoms with Crippen LogP contribution in [0, 0.1) is 0 Å². The van der Waals surface area contributed by atoms with Gasteiger partial charge in [0, 0.05) is 247 Å². The van der Waals surface area contributed by atoms with Gasteiger partial charge in [-0.25, -0.2) is 0 Å². The van der Waals surface area contributed by atoms with Crippen molar-refractivity contribution in [3.8, 4) is 0 Å². The van der Waals surface area contributed by atoms with E-state index in [-0.39, 0.29) is 258 Å². The first-order chi connectivity index (χ1) is 65.8. The van der Waals surface area contributed by atoms with Crippen molar-refractivity contribution in [3.05, 3.63) is 88.8 Å². The molecule has 53 heteroatoms. The normalized spacial score (nSPS) is 16.9. The van der Waals surface area contributed by atoms with Crippen molar-refractivity contribution in [2.24, 2.45) is 0 Å². The van der Waals surface area contributed by atoms with E-state index in [2.05, 4.69) is 31.2 Å². The maximum atomic E-state index is 12.7. The summed E-state index contributed by atoms with van der Waals surface area (Å²) in [5.74, 6) is -9.58. The van der Waals surface area contributed by atoms with Gasteiger partial charge < -0.3 is 148 Å². The number of amides is 6. The first-order valence-electron chi connectivity index (χ1n) is 45.9. The fourth-order valence-electron chi connectivity index (χ4n) is 15.5. The van der Waals surface area contributed by atoms with Crippen LogP contribution in [0.25, 0.3) is 0 Å². The topological polar surface area (TPSA) is 732 Å². The summed E-state index contributed by atoms with van der Waals surface area (Å²) >= 11 is 0. The monoisotopic (exact) mass is 2130 g/mol. The number of pyridine rings is 3. The molecule has 24 N–H and O–H groups in total. The van der Waals surface area contributed by atoms with Crippen LogP contribution in [0.4, 0.5) is 0 Å². The first-order valence-corrected chi connectivity index (χ1v) is 45.9. The van der Waals surface area contributed by atoms with Crippen molar-refractivity contribution < 1.29 is 211 Å². The second-order valence-electron chi connectivity index (χ2n) is 34.5. The number of likely N-dealkylation sites (N-methyl/N-ethyl adjacent to an activating group) is 3. The van der Waals surface area contributed by atoms with Crippen molar-refractivity contribution >= 4 is 71.3 Å². The van der Waals surface area contributed by atoms with Crippen LogP contribution in [0.15, 0.2) is 54.6 Å². The average Bonchev–Trinajstić information content (AvgIpc) is 0.827. The molecule has 801 valence electrons. The van der Waals surface area contributed by atoms with Crippen molar-refractivity contribution in [1.29, 1.82) is 0 Å². The van der Waals surface area contributed by atoms with Gasteiger partial charge in [0.25, 0.3) is 0 Å². The molecule has 3 radical (unpaired) electrons. The number of carbonyl (C=O) groups excluding carboxylic acids is 6. The number of carboxylic acids is 6. The molecule has 0 aliphatic carbocycles. The van der Waals surface area contributed by atoms with E-state index >= 15 is 0 Å². The Morgan fingerprint density at radius 2 is 0.504 bits per heavy atom. The van der Waals surface area contributed by atoms with Gasteiger partial charge in [0.05, 0.1) is 126 Å². The third-order valence-electron chi connectivity index (χ3n) is 23.9. The van der Waals surface area contributed by atoms with E-state index in [0.717, 1.165) is 0 Å².